The number of esters is 1. The van der Waals surface area contributed by atoms with E-state index in [9.17, 15) is 19.2 Å². The fourth-order valence-corrected chi connectivity index (χ4v) is 9.61. The van der Waals surface area contributed by atoms with E-state index in [1.165, 1.54) is 6.08 Å². The van der Waals surface area contributed by atoms with Crippen LogP contribution in [0.3, 0.4) is 0 Å². The number of cyclic esters (lactones) is 1. The van der Waals surface area contributed by atoms with Crippen molar-refractivity contribution in [2.45, 2.75) is 123 Å². The SMILES string of the molecule is CC1=C\C(O[Si](C)(C)C(C)(C)C)CC(=O)Cc2nc(c([Si](C)(C)C)o2)C(=O)N2CCC[C@@H]2C(=O)O[C@H]([C@@H](C)CN2CCOCC2)[C@H](C)/C=C/C(=O)NC\C=C\1. The largest absolute Gasteiger partial charge is 0.460 e. The molecule has 55 heavy (non-hydrogen) atoms. The molecule has 14 heteroatoms. The molecule has 0 aromatic carbocycles. The Bertz CT molecular complexity index is 1620. The van der Waals surface area contributed by atoms with Crippen LogP contribution in [-0.4, -0.2) is 119 Å². The number of ether oxygens (including phenoxy) is 2. The topological polar surface area (TPSA) is 141 Å². The molecule has 4 rings (SSSR count). The van der Waals surface area contributed by atoms with E-state index in [1.807, 2.05) is 32.1 Å². The quantitative estimate of drug-likeness (QED) is 0.293. The number of amides is 2. The molecule has 3 aliphatic heterocycles. The fraction of sp³-hybridized carbons (Fsp3) is 0.683. The molecule has 0 radical (unpaired) electrons. The van der Waals surface area contributed by atoms with Gasteiger partial charge in [0.1, 0.15) is 31.4 Å². The number of aromatic nitrogens is 1. The third kappa shape index (κ3) is 12.4. The highest BCUT2D eigenvalue weighted by molar-refractivity contribution is 6.88. The van der Waals surface area contributed by atoms with Crippen LogP contribution >= 0.6 is 0 Å². The molecule has 2 saturated heterocycles. The molecule has 0 spiro atoms. The van der Waals surface area contributed by atoms with Gasteiger partial charge in [-0.2, -0.15) is 0 Å². The molecule has 306 valence electrons. The predicted octanol–water partition coefficient (Wildman–Crippen LogP) is 5.42. The molecule has 12 nitrogen and oxygen atoms in total. The normalized spacial score (nSPS) is 27.8. The van der Waals surface area contributed by atoms with Gasteiger partial charge in [-0.05, 0) is 44.0 Å². The lowest BCUT2D eigenvalue weighted by Gasteiger charge is -2.38. The zero-order chi connectivity index (χ0) is 40.7. The smallest absolute Gasteiger partial charge is 0.329 e. The fourth-order valence-electron chi connectivity index (χ4n) is 7.05. The number of carbonyl (C=O) groups excluding carboxylic acids is 4. The Balaban J connectivity index is 1.71. The summed E-state index contributed by atoms with van der Waals surface area (Å²) in [7, 11) is -4.55. The lowest BCUT2D eigenvalue weighted by atomic mass is 9.92. The van der Waals surface area contributed by atoms with Crippen LogP contribution < -0.4 is 10.7 Å². The third-order valence-corrected chi connectivity index (χ3v) is 17.3. The van der Waals surface area contributed by atoms with Crippen LogP contribution in [0.4, 0.5) is 0 Å². The van der Waals surface area contributed by atoms with Crippen molar-refractivity contribution >= 4 is 45.3 Å². The molecular weight excluding hydrogens is 733 g/mol. The lowest BCUT2D eigenvalue weighted by molar-refractivity contribution is -0.159. The summed E-state index contributed by atoms with van der Waals surface area (Å²) in [6, 6.07) is -0.794. The minimum Gasteiger partial charge on any atom is -0.460 e. The van der Waals surface area contributed by atoms with Gasteiger partial charge in [0.15, 0.2) is 14.0 Å². The van der Waals surface area contributed by atoms with Gasteiger partial charge in [0.05, 0.1) is 25.7 Å². The molecule has 1 N–H and O–H groups in total. The maximum Gasteiger partial charge on any atom is 0.329 e. The Kier molecular flexibility index (Phi) is 15.3. The molecule has 2 bridgehead atoms. The van der Waals surface area contributed by atoms with E-state index in [4.69, 9.17) is 18.3 Å². The summed E-state index contributed by atoms with van der Waals surface area (Å²) in [4.78, 5) is 63.7. The van der Waals surface area contributed by atoms with Crippen molar-refractivity contribution in [1.82, 2.24) is 20.1 Å². The van der Waals surface area contributed by atoms with Crippen molar-refractivity contribution in [3.05, 3.63) is 47.5 Å². The van der Waals surface area contributed by atoms with E-state index in [0.717, 1.165) is 18.7 Å². The minimum atomic E-state index is -2.27. The number of nitrogens with zero attached hydrogens (tertiary/aromatic N) is 3. The molecule has 2 fully saturated rings. The number of carbonyl (C=O) groups is 4. The van der Waals surface area contributed by atoms with E-state index >= 15 is 0 Å². The van der Waals surface area contributed by atoms with Crippen LogP contribution in [0.15, 0.2) is 40.4 Å². The van der Waals surface area contributed by atoms with Crippen molar-refractivity contribution in [3.63, 3.8) is 0 Å². The average molecular weight is 799 g/mol. The summed E-state index contributed by atoms with van der Waals surface area (Å²) in [6.07, 6.45) is 9.13. The molecule has 2 amide bonds. The van der Waals surface area contributed by atoms with E-state index in [-0.39, 0.29) is 58.9 Å². The summed E-state index contributed by atoms with van der Waals surface area (Å²) in [5.41, 5.74) is 1.08. The van der Waals surface area contributed by atoms with Crippen molar-refractivity contribution in [1.29, 1.82) is 0 Å². The van der Waals surface area contributed by atoms with Gasteiger partial charge in [-0.3, -0.25) is 19.3 Å². The van der Waals surface area contributed by atoms with Crippen molar-refractivity contribution in [2.24, 2.45) is 11.8 Å². The first kappa shape index (κ1) is 44.5. The van der Waals surface area contributed by atoms with Crippen LogP contribution in [0.1, 0.15) is 77.2 Å². The Labute approximate surface area is 330 Å². The van der Waals surface area contributed by atoms with Crippen molar-refractivity contribution in [2.75, 3.05) is 45.9 Å². The predicted molar refractivity (Wildman–Crippen MR) is 219 cm³/mol. The average Bonchev–Trinajstić information content (AvgIpc) is 3.75. The van der Waals surface area contributed by atoms with Gasteiger partial charge in [-0.25, -0.2) is 9.78 Å². The molecule has 0 aliphatic carbocycles. The van der Waals surface area contributed by atoms with E-state index in [2.05, 4.69) is 75.6 Å². The summed E-state index contributed by atoms with van der Waals surface area (Å²) >= 11 is 0. The van der Waals surface area contributed by atoms with Gasteiger partial charge in [-0.15, -0.1) is 0 Å². The summed E-state index contributed by atoms with van der Waals surface area (Å²) in [6.45, 7) is 27.2. The number of hydrogen-bond donors (Lipinski definition) is 1. The third-order valence-electron chi connectivity index (χ3n) is 11.1. The van der Waals surface area contributed by atoms with Gasteiger partial charge in [0, 0.05) is 51.0 Å². The second-order valence-corrected chi connectivity index (χ2v) is 27.8. The zero-order valence-corrected chi connectivity index (χ0v) is 37.2. The number of allylic oxidation sites excluding steroid dienone is 2. The van der Waals surface area contributed by atoms with Crippen molar-refractivity contribution < 1.29 is 37.5 Å². The molecule has 3 aliphatic rings. The first-order valence-electron chi connectivity index (χ1n) is 20.0. The Hall–Kier alpha value is -3.18. The van der Waals surface area contributed by atoms with E-state index in [1.54, 1.807) is 11.0 Å². The van der Waals surface area contributed by atoms with Crippen LogP contribution in [0.25, 0.3) is 0 Å². The number of morpholine rings is 1. The second-order valence-electron chi connectivity index (χ2n) is 18.1. The summed E-state index contributed by atoms with van der Waals surface area (Å²) in [5, 5.41) is 3.34. The number of ketones is 1. The zero-order valence-electron chi connectivity index (χ0n) is 35.2. The minimum absolute atomic E-state index is 0.0685. The summed E-state index contributed by atoms with van der Waals surface area (Å²) in [5.74, 6) is -1.39. The summed E-state index contributed by atoms with van der Waals surface area (Å²) < 4.78 is 24.9. The number of rotatable bonds is 6. The monoisotopic (exact) mass is 798 g/mol. The van der Waals surface area contributed by atoms with Gasteiger partial charge >= 0.3 is 5.97 Å². The molecular formula is C41H66N4O8Si2. The van der Waals surface area contributed by atoms with E-state index in [0.29, 0.717) is 51.1 Å². The van der Waals surface area contributed by atoms with Gasteiger partial charge in [0.2, 0.25) is 11.8 Å². The number of fused-ring (bicyclic) bond motifs is 3. The van der Waals surface area contributed by atoms with Crippen LogP contribution in [0.2, 0.25) is 37.8 Å². The maximum atomic E-state index is 14.4. The molecule has 5 atom stereocenters. The molecule has 1 aromatic rings. The molecule has 4 heterocycles. The van der Waals surface area contributed by atoms with E-state index < -0.39 is 40.6 Å². The molecule has 1 aromatic heterocycles. The number of Topliss-reactive ketones (excluding diaryl/α,β-unsaturated/α-hetero) is 1. The van der Waals surface area contributed by atoms with Gasteiger partial charge in [0.25, 0.3) is 5.91 Å². The first-order chi connectivity index (χ1) is 25.7. The highest BCUT2D eigenvalue weighted by Crippen LogP contribution is 2.38. The second kappa shape index (κ2) is 18.8. The Morgan fingerprint density at radius 3 is 2.38 bits per heavy atom. The lowest BCUT2D eigenvalue weighted by Crippen LogP contribution is -2.48. The van der Waals surface area contributed by atoms with Gasteiger partial charge in [-0.1, -0.05) is 84.1 Å². The standard InChI is InChI=1S/C41H66N4O8Si2/c1-28-14-12-18-42-34(47)17-16-29(2)37(30(3)27-44-20-22-50-23-21-44)52-39(49)33-15-13-19-45(33)38(48)36-40(54(7,8)9)51-35(43-36)26-31(46)25-32(24-28)53-55(10,11)41(4,5)6/h12,14,16-17,24,29-30,32-33,37H,13,15,18-23,25-27H2,1-11H3,(H,42,47)/b14-12+,17-16+,28-24+/t29-,30+,32?,33-,37+/m1/s1. The number of nitrogens with one attached hydrogen (secondary N) is 1. The highest BCUT2D eigenvalue weighted by Gasteiger charge is 2.42. The van der Waals surface area contributed by atoms with Crippen LogP contribution in [0, 0.1) is 11.8 Å². The highest BCUT2D eigenvalue weighted by atomic mass is 28.4. The molecule has 1 unspecified atom stereocenters. The number of oxazole rings is 1. The number of hydrogen-bond acceptors (Lipinski definition) is 10. The Morgan fingerprint density at radius 2 is 1.73 bits per heavy atom. The molecule has 0 saturated carbocycles. The van der Waals surface area contributed by atoms with Gasteiger partial charge < -0.3 is 28.5 Å². The maximum absolute atomic E-state index is 14.4. The first-order valence-corrected chi connectivity index (χ1v) is 26.4. The Morgan fingerprint density at radius 1 is 1.04 bits per heavy atom. The van der Waals surface area contributed by atoms with Crippen LogP contribution in [0.5, 0.6) is 0 Å². The van der Waals surface area contributed by atoms with Crippen molar-refractivity contribution in [3.8, 4) is 0 Å². The van der Waals surface area contributed by atoms with Crippen LogP contribution in [-0.2, 0) is 34.7 Å².